The first-order valence-corrected chi connectivity index (χ1v) is 7.77. The summed E-state index contributed by atoms with van der Waals surface area (Å²) in [6.45, 7) is 1.83. The fraction of sp³-hybridized carbons (Fsp3) is 0.353. The SMILES string of the molecule is O=C1C=CC(=O)N1CCOCCOCCON=Cc1ccc([18F])cc1. The molecule has 0 spiro atoms. The van der Waals surface area contributed by atoms with Gasteiger partial charge in [-0.15, -0.1) is 0 Å². The lowest BCUT2D eigenvalue weighted by atomic mass is 10.2. The van der Waals surface area contributed by atoms with Crippen LogP contribution in [-0.4, -0.2) is 62.5 Å². The van der Waals surface area contributed by atoms with E-state index in [1.54, 1.807) is 12.1 Å². The van der Waals surface area contributed by atoms with Crippen molar-refractivity contribution in [2.75, 3.05) is 39.6 Å². The van der Waals surface area contributed by atoms with Gasteiger partial charge in [-0.05, 0) is 17.7 Å². The Morgan fingerprint density at radius 3 is 2.20 bits per heavy atom. The number of amides is 2. The lowest BCUT2D eigenvalue weighted by Gasteiger charge is -2.13. The second-order valence-electron chi connectivity index (χ2n) is 5.01. The van der Waals surface area contributed by atoms with Crippen molar-refractivity contribution >= 4 is 18.0 Å². The first-order valence-electron chi connectivity index (χ1n) is 7.77. The van der Waals surface area contributed by atoms with Crippen LogP contribution in [0.15, 0.2) is 41.6 Å². The molecule has 0 aliphatic carbocycles. The smallest absolute Gasteiger partial charge is 0.253 e. The van der Waals surface area contributed by atoms with Gasteiger partial charge in [0, 0.05) is 12.2 Å². The second kappa shape index (κ2) is 10.3. The molecule has 1 aromatic carbocycles. The monoisotopic (exact) mass is 349 g/mol. The van der Waals surface area contributed by atoms with Crippen LogP contribution in [0.25, 0.3) is 0 Å². The maximum absolute atomic E-state index is 12.7. The molecule has 1 heterocycles. The van der Waals surface area contributed by atoms with Crippen LogP contribution in [0.3, 0.4) is 0 Å². The van der Waals surface area contributed by atoms with E-state index in [1.807, 2.05) is 0 Å². The number of benzene rings is 1. The van der Waals surface area contributed by atoms with E-state index >= 15 is 0 Å². The summed E-state index contributed by atoms with van der Waals surface area (Å²) in [6.07, 6.45) is 3.96. The number of nitrogens with zero attached hydrogens (tertiary/aromatic N) is 2. The highest BCUT2D eigenvalue weighted by Gasteiger charge is 2.22. The van der Waals surface area contributed by atoms with Crippen LogP contribution >= 0.6 is 0 Å². The summed E-state index contributed by atoms with van der Waals surface area (Å²) < 4.78 is 23.3. The number of oxime groups is 1. The van der Waals surface area contributed by atoms with Crippen LogP contribution in [0.1, 0.15) is 5.56 Å². The number of imide groups is 1. The van der Waals surface area contributed by atoms with Crippen molar-refractivity contribution in [3.05, 3.63) is 47.8 Å². The van der Waals surface area contributed by atoms with Gasteiger partial charge in [-0.3, -0.25) is 14.5 Å². The molecule has 0 atom stereocenters. The summed E-state index contributed by atoms with van der Waals surface area (Å²) in [5.74, 6) is -0.935. The van der Waals surface area contributed by atoms with Crippen molar-refractivity contribution in [3.63, 3.8) is 0 Å². The van der Waals surface area contributed by atoms with Gasteiger partial charge in [-0.1, -0.05) is 17.3 Å². The van der Waals surface area contributed by atoms with Crippen LogP contribution in [-0.2, 0) is 23.9 Å². The Kier molecular flexibility index (Phi) is 7.74. The molecular formula is C17H19FN2O5. The molecular weight excluding hydrogens is 330 g/mol. The minimum Gasteiger partial charge on any atom is -0.393 e. The van der Waals surface area contributed by atoms with E-state index in [0.29, 0.717) is 19.8 Å². The topological polar surface area (TPSA) is 77.4 Å². The number of hydrogen-bond donors (Lipinski definition) is 0. The third-order valence-corrected chi connectivity index (χ3v) is 3.20. The molecule has 8 heteroatoms. The van der Waals surface area contributed by atoms with Crippen molar-refractivity contribution < 1.29 is 28.3 Å². The van der Waals surface area contributed by atoms with E-state index in [4.69, 9.17) is 14.3 Å². The zero-order valence-electron chi connectivity index (χ0n) is 13.6. The summed E-state index contributed by atoms with van der Waals surface area (Å²) in [4.78, 5) is 28.7. The Hall–Kier alpha value is -2.58. The number of hydrogen-bond acceptors (Lipinski definition) is 6. The molecule has 0 saturated carbocycles. The summed E-state index contributed by atoms with van der Waals surface area (Å²) >= 11 is 0. The van der Waals surface area contributed by atoms with Gasteiger partial charge < -0.3 is 14.3 Å². The molecule has 2 amide bonds. The maximum Gasteiger partial charge on any atom is 0.253 e. The Morgan fingerprint density at radius 2 is 1.52 bits per heavy atom. The number of ether oxygens (including phenoxy) is 2. The van der Waals surface area contributed by atoms with Gasteiger partial charge in [0.05, 0.1) is 39.2 Å². The molecule has 1 aromatic rings. The molecule has 0 aromatic heterocycles. The molecule has 1 aliphatic rings. The van der Waals surface area contributed by atoms with Crippen molar-refractivity contribution in [3.8, 4) is 0 Å². The van der Waals surface area contributed by atoms with E-state index in [0.717, 1.165) is 10.5 Å². The minimum absolute atomic E-state index is 0.228. The molecule has 2 rings (SSSR count). The van der Waals surface area contributed by atoms with Crippen LogP contribution in [0.5, 0.6) is 0 Å². The molecule has 0 unspecified atom stereocenters. The van der Waals surface area contributed by atoms with Crippen LogP contribution in [0.2, 0.25) is 0 Å². The van der Waals surface area contributed by atoms with Crippen molar-refractivity contribution in [1.29, 1.82) is 0 Å². The number of carbonyl (C=O) groups is 2. The quantitative estimate of drug-likeness (QED) is 0.259. The van der Waals surface area contributed by atoms with Gasteiger partial charge in [0.1, 0.15) is 12.4 Å². The van der Waals surface area contributed by atoms with Crippen LogP contribution in [0.4, 0.5) is 4.39 Å². The van der Waals surface area contributed by atoms with Crippen molar-refractivity contribution in [1.82, 2.24) is 4.90 Å². The van der Waals surface area contributed by atoms with Gasteiger partial charge in [0.25, 0.3) is 11.8 Å². The minimum atomic E-state index is -0.316. The summed E-state index contributed by atoms with van der Waals surface area (Å²) in [6, 6.07) is 5.87. The Morgan fingerprint density at radius 1 is 0.920 bits per heavy atom. The summed E-state index contributed by atoms with van der Waals surface area (Å²) in [5.41, 5.74) is 0.737. The first-order chi connectivity index (χ1) is 12.2. The standard InChI is InChI=1S/C17H19FN2O5/c18-15-3-1-14(2-4-15)13-19-25-12-11-24-10-9-23-8-7-20-16(21)5-6-17(20)22/h1-6,13H,7-12H2/i18-1. The fourth-order valence-electron chi connectivity index (χ4n) is 1.93. The molecule has 0 bridgehead atoms. The average Bonchev–Trinajstić information content (AvgIpc) is 2.93. The lowest BCUT2D eigenvalue weighted by molar-refractivity contribution is -0.137. The number of rotatable bonds is 11. The third-order valence-electron chi connectivity index (χ3n) is 3.20. The lowest BCUT2D eigenvalue weighted by Crippen LogP contribution is -2.33. The second-order valence-corrected chi connectivity index (χ2v) is 5.01. The van der Waals surface area contributed by atoms with E-state index < -0.39 is 0 Å². The van der Waals surface area contributed by atoms with Crippen LogP contribution in [0, 0.1) is 5.82 Å². The molecule has 7 nitrogen and oxygen atoms in total. The van der Waals surface area contributed by atoms with Gasteiger partial charge in [-0.2, -0.15) is 0 Å². The predicted octanol–water partition coefficient (Wildman–Crippen LogP) is 1.13. The average molecular weight is 349 g/mol. The molecule has 0 N–H and O–H groups in total. The number of halogens is 1. The van der Waals surface area contributed by atoms with Gasteiger partial charge in [-0.25, -0.2) is 4.39 Å². The zero-order chi connectivity index (χ0) is 17.9. The zero-order valence-corrected chi connectivity index (χ0v) is 13.6. The van der Waals surface area contributed by atoms with Crippen molar-refractivity contribution in [2.24, 2.45) is 5.16 Å². The van der Waals surface area contributed by atoms with Gasteiger partial charge in [0.2, 0.25) is 0 Å². The molecule has 0 radical (unpaired) electrons. The van der Waals surface area contributed by atoms with E-state index in [2.05, 4.69) is 5.16 Å². The molecule has 0 fully saturated rings. The highest BCUT2D eigenvalue weighted by Crippen LogP contribution is 2.02. The van der Waals surface area contributed by atoms with E-state index in [-0.39, 0.29) is 37.4 Å². The van der Waals surface area contributed by atoms with Crippen LogP contribution < -0.4 is 0 Å². The van der Waals surface area contributed by atoms with Gasteiger partial charge >= 0.3 is 0 Å². The molecule has 1 aliphatic heterocycles. The Bertz CT molecular complexity index is 612. The van der Waals surface area contributed by atoms with Crippen molar-refractivity contribution in [2.45, 2.75) is 0 Å². The third kappa shape index (κ3) is 6.82. The fourth-order valence-corrected chi connectivity index (χ4v) is 1.93. The largest absolute Gasteiger partial charge is 0.393 e. The highest BCUT2D eigenvalue weighted by atomic mass is 18.2. The number of carbonyl (C=O) groups excluding carboxylic acids is 2. The molecule has 0 saturated heterocycles. The highest BCUT2D eigenvalue weighted by molar-refractivity contribution is 6.12. The van der Waals surface area contributed by atoms with Gasteiger partial charge in [0.15, 0.2) is 0 Å². The van der Waals surface area contributed by atoms with E-state index in [1.165, 1.54) is 30.5 Å². The Labute approximate surface area is 144 Å². The normalized spacial score (nSPS) is 14.0. The molecule has 134 valence electrons. The summed E-state index contributed by atoms with van der Waals surface area (Å²) in [5, 5.41) is 3.74. The predicted molar refractivity (Wildman–Crippen MR) is 87.4 cm³/mol. The maximum atomic E-state index is 12.7. The van der Waals surface area contributed by atoms with E-state index in [9.17, 15) is 14.0 Å². The first kappa shape index (κ1) is 18.8. The summed E-state index contributed by atoms with van der Waals surface area (Å²) in [7, 11) is 0. The Balaban J connectivity index is 1.41. The molecule has 25 heavy (non-hydrogen) atoms.